The maximum absolute atomic E-state index is 10.9. The average molecular weight is 372 g/mol. The maximum Gasteiger partial charge on any atom is 1.00 e. The predicted octanol–water partition coefficient (Wildman–Crippen LogP) is -1.48. The van der Waals surface area contributed by atoms with Gasteiger partial charge in [-0.25, -0.2) is 9.59 Å². The Labute approximate surface area is 165 Å². The number of nitrogens with one attached hydrogen (secondary N) is 2. The van der Waals surface area contributed by atoms with Gasteiger partial charge in [0.25, 0.3) is 0 Å². The minimum atomic E-state index is -1.10. The molecule has 0 aliphatic rings. The van der Waals surface area contributed by atoms with Crippen LogP contribution in [-0.2, 0) is 19.1 Å². The van der Waals surface area contributed by atoms with E-state index in [9.17, 15) is 19.2 Å². The van der Waals surface area contributed by atoms with E-state index in [-0.39, 0.29) is 36.7 Å². The molecule has 0 spiro atoms. The molecule has 0 saturated carbocycles. The molecule has 0 aliphatic carbocycles. The standard InChI is InChI=1S/C8H15NO3.C7H13NO4.Li.H2O/c1-6(10)5-9-7(11)12-8(2,3)4;1-7(2,3)12-6(11)8-4-5(9)10;;/h5H2,1-4H3,(H,9,11);4H2,1-3H3,(H,8,11)(H,9,10);;1H2/q;;+1;/p-1. The Hall–Kier alpha value is -1.76. The molecule has 0 radical (unpaired) electrons. The third kappa shape index (κ3) is 30.2. The molecule has 26 heavy (non-hydrogen) atoms. The summed E-state index contributed by atoms with van der Waals surface area (Å²) < 4.78 is 9.66. The molecule has 0 heterocycles. The number of amides is 2. The summed E-state index contributed by atoms with van der Waals surface area (Å²) in [6, 6.07) is 0. The molecule has 0 atom stereocenters. The van der Waals surface area contributed by atoms with E-state index in [0.29, 0.717) is 0 Å². The van der Waals surface area contributed by atoms with E-state index < -0.39 is 35.9 Å². The number of Topliss-reactive ketones (excluding diaryl/α,β-unsaturated/α-hetero) is 1. The van der Waals surface area contributed by atoms with Crippen molar-refractivity contribution in [3.8, 4) is 0 Å². The van der Waals surface area contributed by atoms with Crippen molar-refractivity contribution in [3.63, 3.8) is 0 Å². The van der Waals surface area contributed by atoms with Crippen molar-refractivity contribution < 1.29 is 58.1 Å². The Balaban J connectivity index is -0.000000173. The fraction of sp³-hybridized carbons (Fsp3) is 0.733. The first-order chi connectivity index (χ1) is 10.6. The molecule has 0 aromatic rings. The third-order valence-corrected chi connectivity index (χ3v) is 1.66. The van der Waals surface area contributed by atoms with Gasteiger partial charge in [0.05, 0.1) is 6.54 Å². The summed E-state index contributed by atoms with van der Waals surface area (Å²) >= 11 is 0. The normalized spacial score (nSPS) is 9.81. The molecule has 0 saturated heterocycles. The van der Waals surface area contributed by atoms with Gasteiger partial charge in [-0.15, -0.1) is 0 Å². The van der Waals surface area contributed by atoms with Crippen molar-refractivity contribution in [2.24, 2.45) is 0 Å². The maximum atomic E-state index is 10.9. The quantitative estimate of drug-likeness (QED) is 0.504. The van der Waals surface area contributed by atoms with Crippen molar-refractivity contribution in [2.45, 2.75) is 59.7 Å². The number of rotatable bonds is 4. The molecular formula is C15H29LiN2O8. The smallest absolute Gasteiger partial charge is 0.870 e. The van der Waals surface area contributed by atoms with Crippen LogP contribution in [0.1, 0.15) is 48.5 Å². The third-order valence-electron chi connectivity index (χ3n) is 1.66. The van der Waals surface area contributed by atoms with Gasteiger partial charge < -0.3 is 30.7 Å². The fourth-order valence-electron chi connectivity index (χ4n) is 0.973. The van der Waals surface area contributed by atoms with E-state index in [2.05, 4.69) is 10.6 Å². The van der Waals surface area contributed by atoms with Gasteiger partial charge in [-0.1, -0.05) is 0 Å². The molecular weight excluding hydrogens is 343 g/mol. The van der Waals surface area contributed by atoms with Gasteiger partial charge in [0.1, 0.15) is 23.5 Å². The summed E-state index contributed by atoms with van der Waals surface area (Å²) in [5.41, 5.74) is -1.11. The van der Waals surface area contributed by atoms with Gasteiger partial charge in [-0.05, 0) is 48.5 Å². The molecule has 11 heteroatoms. The average Bonchev–Trinajstić information content (AvgIpc) is 2.30. The van der Waals surface area contributed by atoms with E-state index in [1.807, 2.05) is 0 Å². The number of carbonyl (C=O) groups is 4. The van der Waals surface area contributed by atoms with Crippen LogP contribution in [0.3, 0.4) is 0 Å². The molecule has 4 N–H and O–H groups in total. The van der Waals surface area contributed by atoms with E-state index in [1.54, 1.807) is 41.5 Å². The SMILES string of the molecule is CC(=O)CNC(=O)OC(C)(C)C.CC(C)(C)OC(=O)NCC(=O)O.[Li+].[OH-]. The minimum Gasteiger partial charge on any atom is -0.870 e. The monoisotopic (exact) mass is 372 g/mol. The topological polar surface area (TPSA) is 161 Å². The van der Waals surface area contributed by atoms with Crippen molar-refractivity contribution >= 4 is 23.9 Å². The first-order valence-corrected chi connectivity index (χ1v) is 7.27. The zero-order valence-electron chi connectivity index (χ0n) is 16.8. The van der Waals surface area contributed by atoms with E-state index in [0.717, 1.165) is 0 Å². The van der Waals surface area contributed by atoms with Crippen LogP contribution in [0.2, 0.25) is 0 Å². The van der Waals surface area contributed by atoms with Crippen LogP contribution in [0, 0.1) is 0 Å². The van der Waals surface area contributed by atoms with Crippen LogP contribution in [-0.4, -0.2) is 58.8 Å². The minimum absolute atomic E-state index is 0. The van der Waals surface area contributed by atoms with Crippen molar-refractivity contribution in [3.05, 3.63) is 0 Å². The first-order valence-electron chi connectivity index (χ1n) is 7.27. The molecule has 2 amide bonds. The molecule has 10 nitrogen and oxygen atoms in total. The molecule has 0 fully saturated rings. The molecule has 0 rings (SSSR count). The van der Waals surface area contributed by atoms with Crippen LogP contribution in [0.4, 0.5) is 9.59 Å². The van der Waals surface area contributed by atoms with Crippen molar-refractivity contribution in [1.82, 2.24) is 10.6 Å². The first kappa shape index (κ1) is 32.0. The number of carboxylic acid groups (broad SMARTS) is 1. The predicted molar refractivity (Wildman–Crippen MR) is 88.7 cm³/mol. The number of hydrogen-bond acceptors (Lipinski definition) is 7. The Morgan fingerprint density at radius 1 is 0.808 bits per heavy atom. The van der Waals surface area contributed by atoms with Gasteiger partial charge in [-0.3, -0.25) is 9.59 Å². The number of carbonyl (C=O) groups excluding carboxylic acids is 3. The van der Waals surface area contributed by atoms with Crippen molar-refractivity contribution in [1.29, 1.82) is 0 Å². The Morgan fingerprint density at radius 3 is 1.35 bits per heavy atom. The summed E-state index contributed by atoms with van der Waals surface area (Å²) in [5.74, 6) is -1.19. The molecule has 0 unspecified atom stereocenters. The van der Waals surface area contributed by atoms with Crippen LogP contribution >= 0.6 is 0 Å². The molecule has 0 aromatic heterocycles. The molecule has 148 valence electrons. The number of ketones is 1. The van der Waals surface area contributed by atoms with Crippen LogP contribution in [0.15, 0.2) is 0 Å². The second kappa shape index (κ2) is 14.4. The Kier molecular flexibility index (Phi) is 17.7. The largest absolute Gasteiger partial charge is 1.00 e. The summed E-state index contributed by atoms with van der Waals surface area (Å²) in [7, 11) is 0. The summed E-state index contributed by atoms with van der Waals surface area (Å²) in [5, 5.41) is 12.6. The van der Waals surface area contributed by atoms with E-state index in [1.165, 1.54) is 6.92 Å². The van der Waals surface area contributed by atoms with Crippen molar-refractivity contribution in [2.75, 3.05) is 13.1 Å². The van der Waals surface area contributed by atoms with Gasteiger partial charge in [0.15, 0.2) is 0 Å². The van der Waals surface area contributed by atoms with Gasteiger partial charge in [0.2, 0.25) is 0 Å². The van der Waals surface area contributed by atoms with E-state index in [4.69, 9.17) is 14.6 Å². The van der Waals surface area contributed by atoms with E-state index >= 15 is 0 Å². The van der Waals surface area contributed by atoms with Gasteiger partial charge >= 0.3 is 37.0 Å². The second-order valence-electron chi connectivity index (χ2n) is 6.81. The zero-order valence-corrected chi connectivity index (χ0v) is 16.8. The van der Waals surface area contributed by atoms with Crippen LogP contribution < -0.4 is 29.5 Å². The van der Waals surface area contributed by atoms with Crippen LogP contribution in [0.25, 0.3) is 0 Å². The zero-order chi connectivity index (χ0) is 19.6. The second-order valence-corrected chi connectivity index (χ2v) is 6.81. The Bertz CT molecular complexity index is 414. The van der Waals surface area contributed by atoms with Gasteiger partial charge in [-0.2, -0.15) is 0 Å². The molecule has 0 aliphatic heterocycles. The number of carboxylic acids is 1. The molecule has 0 bridgehead atoms. The number of hydrogen-bond donors (Lipinski definition) is 3. The number of aliphatic carboxylic acids is 1. The summed E-state index contributed by atoms with van der Waals surface area (Å²) in [6.07, 6.45) is -1.28. The number of alkyl carbamates (subject to hydrolysis) is 2. The summed E-state index contributed by atoms with van der Waals surface area (Å²) in [6.45, 7) is 11.4. The number of ether oxygens (including phenoxy) is 2. The van der Waals surface area contributed by atoms with Gasteiger partial charge in [0, 0.05) is 0 Å². The van der Waals surface area contributed by atoms with Crippen LogP contribution in [0.5, 0.6) is 0 Å². The molecule has 0 aromatic carbocycles. The Morgan fingerprint density at radius 2 is 1.12 bits per heavy atom. The summed E-state index contributed by atoms with van der Waals surface area (Å²) in [4.78, 5) is 42.1. The fourth-order valence-corrected chi connectivity index (χ4v) is 0.973.